The summed E-state index contributed by atoms with van der Waals surface area (Å²) < 4.78 is 5.06. The number of pyridine rings is 1. The molecule has 120 valence electrons. The number of nitrogens with zero attached hydrogens (tertiary/aromatic N) is 1. The molecule has 0 unspecified atom stereocenters. The number of H-pyrrole nitrogens is 1. The predicted octanol–water partition coefficient (Wildman–Crippen LogP) is 2.29. The third kappa shape index (κ3) is 3.51. The van der Waals surface area contributed by atoms with Crippen LogP contribution in [-0.2, 0) is 4.74 Å². The van der Waals surface area contributed by atoms with Gasteiger partial charge < -0.3 is 14.6 Å². The average Bonchev–Trinajstić information content (AvgIpc) is 3.40. The Hall–Kier alpha value is -2.40. The molecule has 0 aliphatic heterocycles. The largest absolute Gasteiger partial charge is 0.383 e. The van der Waals surface area contributed by atoms with Crippen molar-refractivity contribution in [1.29, 1.82) is 0 Å². The molecule has 1 aliphatic rings. The fraction of sp³-hybridized carbons (Fsp3) is 0.333. The van der Waals surface area contributed by atoms with Crippen molar-refractivity contribution in [2.75, 3.05) is 20.3 Å². The fourth-order valence-electron chi connectivity index (χ4n) is 2.61. The number of amides is 1. The van der Waals surface area contributed by atoms with E-state index < -0.39 is 0 Å². The Morgan fingerprint density at radius 2 is 1.96 bits per heavy atom. The molecule has 1 fully saturated rings. The topological polar surface area (TPSA) is 62.4 Å². The summed E-state index contributed by atoms with van der Waals surface area (Å²) in [6.07, 6.45) is 1.99. The lowest BCUT2D eigenvalue weighted by molar-refractivity contribution is 0.0678. The van der Waals surface area contributed by atoms with Gasteiger partial charge in [-0.1, -0.05) is 30.3 Å². The highest BCUT2D eigenvalue weighted by molar-refractivity contribution is 5.94. The zero-order valence-electron chi connectivity index (χ0n) is 13.1. The van der Waals surface area contributed by atoms with Crippen LogP contribution in [0.5, 0.6) is 0 Å². The first-order valence-corrected chi connectivity index (χ1v) is 7.79. The minimum Gasteiger partial charge on any atom is -0.383 e. The average molecular weight is 312 g/mol. The Balaban J connectivity index is 1.85. The van der Waals surface area contributed by atoms with E-state index in [1.165, 1.54) is 0 Å². The van der Waals surface area contributed by atoms with Crippen LogP contribution in [0, 0.1) is 0 Å². The highest BCUT2D eigenvalue weighted by Crippen LogP contribution is 2.27. The number of carbonyl (C=O) groups is 1. The Morgan fingerprint density at radius 3 is 2.57 bits per heavy atom. The fourth-order valence-corrected chi connectivity index (χ4v) is 2.61. The van der Waals surface area contributed by atoms with Crippen LogP contribution < -0.4 is 5.56 Å². The van der Waals surface area contributed by atoms with E-state index in [4.69, 9.17) is 4.74 Å². The van der Waals surface area contributed by atoms with Crippen molar-refractivity contribution in [1.82, 2.24) is 9.88 Å². The Morgan fingerprint density at radius 1 is 1.22 bits per heavy atom. The zero-order valence-corrected chi connectivity index (χ0v) is 13.1. The van der Waals surface area contributed by atoms with Crippen LogP contribution >= 0.6 is 0 Å². The molecule has 5 nitrogen and oxygen atoms in total. The number of aromatic amines is 1. The van der Waals surface area contributed by atoms with Gasteiger partial charge in [0.25, 0.3) is 11.5 Å². The molecule has 1 saturated carbocycles. The van der Waals surface area contributed by atoms with Crippen molar-refractivity contribution in [3.05, 3.63) is 58.4 Å². The molecule has 0 radical (unpaired) electrons. The lowest BCUT2D eigenvalue weighted by atomic mass is 10.1. The van der Waals surface area contributed by atoms with E-state index in [1.54, 1.807) is 24.1 Å². The summed E-state index contributed by atoms with van der Waals surface area (Å²) in [6, 6.07) is 13.2. The maximum Gasteiger partial charge on any atom is 0.261 e. The summed E-state index contributed by atoms with van der Waals surface area (Å²) in [5, 5.41) is 0. The van der Waals surface area contributed by atoms with Crippen molar-refractivity contribution >= 4 is 5.91 Å². The van der Waals surface area contributed by atoms with Gasteiger partial charge in [0.05, 0.1) is 6.61 Å². The Kier molecular flexibility index (Phi) is 4.57. The lowest BCUT2D eigenvalue weighted by Gasteiger charge is -2.21. The minimum absolute atomic E-state index is 0.188. The molecule has 0 bridgehead atoms. The lowest BCUT2D eigenvalue weighted by Crippen LogP contribution is -2.38. The summed E-state index contributed by atoms with van der Waals surface area (Å²) in [7, 11) is 1.61. The molecule has 1 heterocycles. The molecule has 5 heteroatoms. The number of benzene rings is 1. The number of methoxy groups -OCH3 is 1. The van der Waals surface area contributed by atoms with Crippen LogP contribution in [0.3, 0.4) is 0 Å². The first-order chi connectivity index (χ1) is 11.2. The normalized spacial score (nSPS) is 13.8. The van der Waals surface area contributed by atoms with Gasteiger partial charge in [-0.05, 0) is 30.5 Å². The van der Waals surface area contributed by atoms with Gasteiger partial charge in [0.1, 0.15) is 5.56 Å². The Bertz CT molecular complexity index is 735. The molecule has 0 saturated heterocycles. The molecule has 2 aromatic rings. The van der Waals surface area contributed by atoms with Gasteiger partial charge in [-0.3, -0.25) is 9.59 Å². The quantitative estimate of drug-likeness (QED) is 0.890. The molecule has 0 spiro atoms. The highest BCUT2D eigenvalue weighted by atomic mass is 16.5. The standard InChI is InChI=1S/C18H20N2O3/c1-23-12-11-20(14-7-8-14)18(22)15-9-10-16(19-17(15)21)13-5-3-2-4-6-13/h2-6,9-10,14H,7-8,11-12H2,1H3,(H,19,21). The van der Waals surface area contributed by atoms with E-state index in [9.17, 15) is 9.59 Å². The molecule has 1 aliphatic carbocycles. The summed E-state index contributed by atoms with van der Waals surface area (Å²) in [5.41, 5.74) is 1.47. The van der Waals surface area contributed by atoms with Gasteiger partial charge in [-0.15, -0.1) is 0 Å². The number of hydrogen-bond acceptors (Lipinski definition) is 3. The minimum atomic E-state index is -0.348. The number of nitrogens with one attached hydrogen (secondary N) is 1. The van der Waals surface area contributed by atoms with E-state index in [0.29, 0.717) is 18.8 Å². The molecular weight excluding hydrogens is 292 g/mol. The van der Waals surface area contributed by atoms with E-state index in [2.05, 4.69) is 4.98 Å². The first-order valence-electron chi connectivity index (χ1n) is 7.79. The number of carbonyl (C=O) groups excluding carboxylic acids is 1. The van der Waals surface area contributed by atoms with Gasteiger partial charge >= 0.3 is 0 Å². The van der Waals surface area contributed by atoms with Crippen LogP contribution in [0.15, 0.2) is 47.3 Å². The summed E-state index contributed by atoms with van der Waals surface area (Å²) in [5.74, 6) is -0.217. The van der Waals surface area contributed by atoms with Gasteiger partial charge in [-0.25, -0.2) is 0 Å². The summed E-state index contributed by atoms with van der Waals surface area (Å²) >= 11 is 0. The maximum absolute atomic E-state index is 12.7. The van der Waals surface area contributed by atoms with Crippen LogP contribution in [0.1, 0.15) is 23.2 Å². The molecule has 1 amide bonds. The van der Waals surface area contributed by atoms with E-state index in [-0.39, 0.29) is 23.1 Å². The van der Waals surface area contributed by atoms with Crippen LogP contribution in [0.25, 0.3) is 11.3 Å². The molecule has 1 aromatic heterocycles. The Labute approximate surface area is 134 Å². The number of rotatable bonds is 6. The zero-order chi connectivity index (χ0) is 16.2. The third-order valence-corrected chi connectivity index (χ3v) is 4.01. The maximum atomic E-state index is 12.7. The SMILES string of the molecule is COCCN(C(=O)c1ccc(-c2ccccc2)[nH]c1=O)C1CC1. The summed E-state index contributed by atoms with van der Waals surface area (Å²) in [6.45, 7) is 0.988. The van der Waals surface area contributed by atoms with Crippen LogP contribution in [0.2, 0.25) is 0 Å². The van der Waals surface area contributed by atoms with Crippen molar-refractivity contribution < 1.29 is 9.53 Å². The second kappa shape index (κ2) is 6.79. The summed E-state index contributed by atoms with van der Waals surface area (Å²) in [4.78, 5) is 29.5. The van der Waals surface area contributed by atoms with Gasteiger partial charge in [0, 0.05) is 25.4 Å². The number of ether oxygens (including phenoxy) is 1. The number of aromatic nitrogens is 1. The number of hydrogen-bond donors (Lipinski definition) is 1. The predicted molar refractivity (Wildman–Crippen MR) is 88.4 cm³/mol. The van der Waals surface area contributed by atoms with Gasteiger partial charge in [0.2, 0.25) is 0 Å². The van der Waals surface area contributed by atoms with Crippen LogP contribution in [0.4, 0.5) is 0 Å². The molecular formula is C18H20N2O3. The molecule has 1 aromatic carbocycles. The molecule has 1 N–H and O–H groups in total. The van der Waals surface area contributed by atoms with Crippen molar-refractivity contribution in [2.45, 2.75) is 18.9 Å². The molecule has 3 rings (SSSR count). The smallest absolute Gasteiger partial charge is 0.261 e. The monoisotopic (exact) mass is 312 g/mol. The third-order valence-electron chi connectivity index (χ3n) is 4.01. The van der Waals surface area contributed by atoms with Crippen LogP contribution in [-0.4, -0.2) is 42.1 Å². The second-order valence-electron chi connectivity index (χ2n) is 5.70. The van der Waals surface area contributed by atoms with Crippen molar-refractivity contribution in [2.24, 2.45) is 0 Å². The molecule has 23 heavy (non-hydrogen) atoms. The highest BCUT2D eigenvalue weighted by Gasteiger charge is 2.33. The van der Waals surface area contributed by atoms with Crippen molar-refractivity contribution in [3.63, 3.8) is 0 Å². The van der Waals surface area contributed by atoms with Gasteiger partial charge in [0.15, 0.2) is 0 Å². The first kappa shape index (κ1) is 15.5. The second-order valence-corrected chi connectivity index (χ2v) is 5.70. The van der Waals surface area contributed by atoms with E-state index in [0.717, 1.165) is 18.4 Å². The molecule has 0 atom stereocenters. The van der Waals surface area contributed by atoms with E-state index >= 15 is 0 Å². The van der Waals surface area contributed by atoms with Crippen molar-refractivity contribution in [3.8, 4) is 11.3 Å². The van der Waals surface area contributed by atoms with Gasteiger partial charge in [-0.2, -0.15) is 0 Å². The van der Waals surface area contributed by atoms with E-state index in [1.807, 2.05) is 30.3 Å².